The van der Waals surface area contributed by atoms with Gasteiger partial charge in [-0.05, 0) is 42.0 Å². The minimum absolute atomic E-state index is 0.280. The highest BCUT2D eigenvalue weighted by Crippen LogP contribution is 2.23. The van der Waals surface area contributed by atoms with Gasteiger partial charge in [-0.15, -0.1) is 0 Å². The zero-order valence-corrected chi connectivity index (χ0v) is 17.0. The van der Waals surface area contributed by atoms with Crippen molar-refractivity contribution in [2.75, 3.05) is 0 Å². The number of nitrogens with zero attached hydrogens (tertiary/aromatic N) is 3. The summed E-state index contributed by atoms with van der Waals surface area (Å²) in [5.41, 5.74) is 1.71. The van der Waals surface area contributed by atoms with Crippen LogP contribution in [0, 0.1) is 5.82 Å². The molecule has 1 atom stereocenters. The van der Waals surface area contributed by atoms with Gasteiger partial charge in [0.1, 0.15) is 17.6 Å². The van der Waals surface area contributed by atoms with Crippen LogP contribution in [-0.4, -0.2) is 27.9 Å². The zero-order valence-electron chi connectivity index (χ0n) is 15.4. The lowest BCUT2D eigenvalue weighted by molar-refractivity contribution is -0.115. The van der Waals surface area contributed by atoms with Crippen LogP contribution in [-0.2, 0) is 22.6 Å². The van der Waals surface area contributed by atoms with Crippen LogP contribution in [0.5, 0.6) is 0 Å². The first-order valence-corrected chi connectivity index (χ1v) is 9.77. The Hall–Kier alpha value is -2.97. The van der Waals surface area contributed by atoms with E-state index in [0.29, 0.717) is 34.3 Å². The smallest absolute Gasteiger partial charge is 0.269 e. The van der Waals surface area contributed by atoms with Crippen LogP contribution >= 0.6 is 23.2 Å². The van der Waals surface area contributed by atoms with Crippen molar-refractivity contribution in [1.82, 2.24) is 15.5 Å². The lowest BCUT2D eigenvalue weighted by atomic mass is 10.1. The fourth-order valence-electron chi connectivity index (χ4n) is 2.86. The molecule has 154 valence electrons. The van der Waals surface area contributed by atoms with Crippen LogP contribution in [0.2, 0.25) is 10.0 Å². The van der Waals surface area contributed by atoms with Crippen molar-refractivity contribution in [1.29, 1.82) is 0 Å². The van der Waals surface area contributed by atoms with E-state index < -0.39 is 0 Å². The first kappa shape index (κ1) is 20.3. The molecule has 4 rings (SSSR count). The molecule has 0 radical (unpaired) electrons. The molecule has 3 aromatic rings. The molecule has 1 unspecified atom stereocenters. The molecule has 0 saturated carbocycles. The van der Waals surface area contributed by atoms with E-state index in [1.165, 1.54) is 12.1 Å². The van der Waals surface area contributed by atoms with Gasteiger partial charge in [-0.3, -0.25) is 4.79 Å². The molecule has 1 aliphatic heterocycles. The average molecular weight is 449 g/mol. The fourth-order valence-corrected chi connectivity index (χ4v) is 3.18. The lowest BCUT2D eigenvalue weighted by Crippen LogP contribution is -2.30. The number of carbonyl (C=O) groups excluding carboxylic acids is 1. The quantitative estimate of drug-likeness (QED) is 0.610. The van der Waals surface area contributed by atoms with Crippen molar-refractivity contribution < 1.29 is 18.5 Å². The highest BCUT2D eigenvalue weighted by molar-refractivity contribution is 6.42. The third-order valence-electron chi connectivity index (χ3n) is 4.40. The van der Waals surface area contributed by atoms with Gasteiger partial charge in [0.15, 0.2) is 5.82 Å². The highest BCUT2D eigenvalue weighted by atomic mass is 35.5. The number of hydrogen-bond donors (Lipinski definition) is 1. The highest BCUT2D eigenvalue weighted by Gasteiger charge is 2.27. The summed E-state index contributed by atoms with van der Waals surface area (Å²) in [6, 6.07) is 10.9. The van der Waals surface area contributed by atoms with E-state index in [1.807, 2.05) is 0 Å². The molecule has 7 nitrogen and oxygen atoms in total. The summed E-state index contributed by atoms with van der Waals surface area (Å²) in [4.78, 5) is 21.9. The standard InChI is InChI=1S/C20H15Cl2FN4O3/c21-15-6-1-11(7-16(15)22)10-24-19(28)17-8-14(29-26-17)9-18-25-20(30-27-18)12-2-4-13(23)5-3-12/h1-7,14H,8-10H2,(H,24,28). The van der Waals surface area contributed by atoms with Gasteiger partial charge in [0.2, 0.25) is 0 Å². The topological polar surface area (TPSA) is 89.6 Å². The van der Waals surface area contributed by atoms with Gasteiger partial charge < -0.3 is 14.7 Å². The third-order valence-corrected chi connectivity index (χ3v) is 5.14. The summed E-state index contributed by atoms with van der Waals surface area (Å²) in [5, 5.41) is 11.4. The van der Waals surface area contributed by atoms with Crippen LogP contribution in [0.4, 0.5) is 4.39 Å². The number of oxime groups is 1. The Morgan fingerprint density at radius 1 is 1.17 bits per heavy atom. The summed E-state index contributed by atoms with van der Waals surface area (Å²) in [6.07, 6.45) is 0.250. The Balaban J connectivity index is 1.29. The summed E-state index contributed by atoms with van der Waals surface area (Å²) in [7, 11) is 0. The molecule has 0 spiro atoms. The van der Waals surface area contributed by atoms with Crippen LogP contribution in [0.1, 0.15) is 17.8 Å². The van der Waals surface area contributed by atoms with E-state index in [-0.39, 0.29) is 36.0 Å². The monoisotopic (exact) mass is 448 g/mol. The first-order valence-electron chi connectivity index (χ1n) is 9.01. The molecule has 1 aromatic heterocycles. The Morgan fingerprint density at radius 2 is 1.97 bits per heavy atom. The number of nitrogens with one attached hydrogen (secondary N) is 1. The first-order chi connectivity index (χ1) is 14.5. The van der Waals surface area contributed by atoms with Gasteiger partial charge in [-0.2, -0.15) is 4.98 Å². The molecular weight excluding hydrogens is 434 g/mol. The van der Waals surface area contributed by atoms with Crippen LogP contribution < -0.4 is 5.32 Å². The van der Waals surface area contributed by atoms with Crippen molar-refractivity contribution in [3.05, 3.63) is 69.7 Å². The lowest BCUT2D eigenvalue weighted by Gasteiger charge is -2.06. The number of amides is 1. The molecule has 30 heavy (non-hydrogen) atoms. The molecule has 2 aromatic carbocycles. The Morgan fingerprint density at radius 3 is 2.73 bits per heavy atom. The molecule has 2 heterocycles. The minimum atomic E-state index is -0.380. The van der Waals surface area contributed by atoms with Gasteiger partial charge >= 0.3 is 0 Å². The summed E-state index contributed by atoms with van der Waals surface area (Å²) in [6.45, 7) is 0.283. The van der Waals surface area contributed by atoms with Crippen molar-refractivity contribution in [3.63, 3.8) is 0 Å². The molecule has 1 N–H and O–H groups in total. The fraction of sp³-hybridized carbons (Fsp3) is 0.200. The maximum Gasteiger partial charge on any atom is 0.269 e. The molecule has 1 aliphatic rings. The van der Waals surface area contributed by atoms with E-state index in [9.17, 15) is 9.18 Å². The summed E-state index contributed by atoms with van der Waals surface area (Å²) >= 11 is 11.9. The van der Waals surface area contributed by atoms with Gasteiger partial charge in [0.25, 0.3) is 11.8 Å². The van der Waals surface area contributed by atoms with Crippen molar-refractivity contribution in [3.8, 4) is 11.5 Å². The van der Waals surface area contributed by atoms with Gasteiger partial charge in [-0.1, -0.05) is 39.6 Å². The maximum atomic E-state index is 13.0. The third kappa shape index (κ3) is 4.77. The molecular formula is C20H15Cl2FN4O3. The maximum absolute atomic E-state index is 13.0. The van der Waals surface area contributed by atoms with Gasteiger partial charge in [0, 0.05) is 18.5 Å². The molecule has 10 heteroatoms. The van der Waals surface area contributed by atoms with Crippen molar-refractivity contribution in [2.45, 2.75) is 25.5 Å². The number of hydrogen-bond acceptors (Lipinski definition) is 6. The number of rotatable bonds is 6. The second-order valence-electron chi connectivity index (χ2n) is 6.63. The predicted molar refractivity (Wildman–Crippen MR) is 109 cm³/mol. The van der Waals surface area contributed by atoms with Crippen LogP contribution in [0.25, 0.3) is 11.5 Å². The SMILES string of the molecule is O=C(NCc1ccc(Cl)c(Cl)c1)C1=NOC(Cc2noc(-c3ccc(F)cc3)n2)C1. The normalized spacial score (nSPS) is 15.6. The van der Waals surface area contributed by atoms with Crippen LogP contribution in [0.15, 0.2) is 52.1 Å². The zero-order chi connectivity index (χ0) is 21.1. The van der Waals surface area contributed by atoms with Crippen LogP contribution in [0.3, 0.4) is 0 Å². The molecule has 0 aliphatic carbocycles. The summed E-state index contributed by atoms with van der Waals surface area (Å²) < 4.78 is 18.2. The second kappa shape index (κ2) is 8.81. The molecule has 1 amide bonds. The number of benzene rings is 2. The van der Waals surface area contributed by atoms with E-state index in [0.717, 1.165) is 5.56 Å². The van der Waals surface area contributed by atoms with Crippen molar-refractivity contribution >= 4 is 34.8 Å². The minimum Gasteiger partial charge on any atom is -0.391 e. The second-order valence-corrected chi connectivity index (χ2v) is 7.44. The van der Waals surface area contributed by atoms with Crippen molar-refractivity contribution in [2.24, 2.45) is 5.16 Å². The predicted octanol–water partition coefficient (Wildman–Crippen LogP) is 4.19. The number of aromatic nitrogens is 2. The Labute approximate surface area is 180 Å². The van der Waals surface area contributed by atoms with Gasteiger partial charge in [-0.25, -0.2) is 4.39 Å². The molecule has 0 saturated heterocycles. The van der Waals surface area contributed by atoms with E-state index >= 15 is 0 Å². The molecule has 0 fully saturated rings. The molecule has 0 bridgehead atoms. The largest absolute Gasteiger partial charge is 0.391 e. The average Bonchev–Trinajstić information content (AvgIpc) is 3.39. The van der Waals surface area contributed by atoms with Gasteiger partial charge in [0.05, 0.1) is 16.5 Å². The number of halogens is 3. The Kier molecular flexibility index (Phi) is 5.96. The summed E-state index contributed by atoms with van der Waals surface area (Å²) in [5.74, 6) is 0.0131. The Bertz CT molecular complexity index is 1100. The van der Waals surface area contributed by atoms with E-state index in [2.05, 4.69) is 20.6 Å². The van der Waals surface area contributed by atoms with E-state index in [1.54, 1.807) is 30.3 Å². The number of carbonyl (C=O) groups is 1. The van der Waals surface area contributed by atoms with E-state index in [4.69, 9.17) is 32.6 Å².